The molecule has 7 heteroatoms. The molecule has 116 valence electrons. The van der Waals surface area contributed by atoms with Crippen LogP contribution in [0.5, 0.6) is 11.5 Å². The van der Waals surface area contributed by atoms with Gasteiger partial charge in [0.25, 0.3) is 0 Å². The average molecular weight is 319 g/mol. The fourth-order valence-electron chi connectivity index (χ4n) is 2.17. The van der Waals surface area contributed by atoms with Gasteiger partial charge in [-0.25, -0.2) is 4.98 Å². The molecule has 1 aliphatic heterocycles. The summed E-state index contributed by atoms with van der Waals surface area (Å²) < 4.78 is 12.5. The highest BCUT2D eigenvalue weighted by Crippen LogP contribution is 2.34. The molecule has 0 saturated heterocycles. The zero-order valence-electron chi connectivity index (χ0n) is 12.4. The number of ether oxygens (including phenoxy) is 2. The van der Waals surface area contributed by atoms with E-state index in [1.807, 2.05) is 42.9 Å². The second-order valence-electron chi connectivity index (χ2n) is 5.01. The Hall–Kier alpha value is -2.15. The van der Waals surface area contributed by atoms with Crippen LogP contribution in [0.2, 0.25) is 0 Å². The summed E-state index contributed by atoms with van der Waals surface area (Å²) in [5, 5.41) is 3.80. The summed E-state index contributed by atoms with van der Waals surface area (Å²) in [4.78, 5) is 16.2. The van der Waals surface area contributed by atoms with E-state index in [1.165, 1.54) is 11.8 Å². The molecule has 1 amide bonds. The first-order valence-electron chi connectivity index (χ1n) is 6.92. The number of imidazole rings is 1. The zero-order valence-corrected chi connectivity index (χ0v) is 13.2. The van der Waals surface area contributed by atoms with Gasteiger partial charge in [-0.05, 0) is 24.6 Å². The van der Waals surface area contributed by atoms with Crippen LogP contribution in [-0.2, 0) is 11.8 Å². The third-order valence-electron chi connectivity index (χ3n) is 3.38. The molecule has 2 heterocycles. The summed E-state index contributed by atoms with van der Waals surface area (Å²) >= 11 is 1.41. The number of carbonyl (C=O) groups excluding carboxylic acids is 1. The first-order valence-corrected chi connectivity index (χ1v) is 7.91. The number of thioether (sulfide) groups is 1. The largest absolute Gasteiger partial charge is 0.454 e. The number of rotatable bonds is 5. The van der Waals surface area contributed by atoms with E-state index in [-0.39, 0.29) is 18.7 Å². The minimum absolute atomic E-state index is 0.0295. The molecule has 1 atom stereocenters. The van der Waals surface area contributed by atoms with Gasteiger partial charge in [-0.1, -0.05) is 17.8 Å². The van der Waals surface area contributed by atoms with Crippen molar-refractivity contribution in [2.75, 3.05) is 12.5 Å². The number of hydrogen-bond acceptors (Lipinski definition) is 5. The standard InChI is InChI=1S/C15H17N3O3S/c1-10(11-3-4-12-13(7-11)21-9-20-12)17-14(19)8-22-15-16-5-6-18(15)2/h3-7,10H,8-9H2,1-2H3,(H,17,19). The van der Waals surface area contributed by atoms with Crippen LogP contribution in [0.1, 0.15) is 18.5 Å². The van der Waals surface area contributed by atoms with Crippen LogP contribution in [0.4, 0.5) is 0 Å². The van der Waals surface area contributed by atoms with Crippen molar-refractivity contribution in [2.45, 2.75) is 18.1 Å². The van der Waals surface area contributed by atoms with E-state index in [1.54, 1.807) is 6.20 Å². The molecular weight excluding hydrogens is 302 g/mol. The second-order valence-corrected chi connectivity index (χ2v) is 5.95. The molecule has 1 aliphatic rings. The maximum atomic E-state index is 12.0. The molecule has 2 aromatic rings. The third-order valence-corrected chi connectivity index (χ3v) is 4.44. The van der Waals surface area contributed by atoms with E-state index >= 15 is 0 Å². The van der Waals surface area contributed by atoms with Crippen LogP contribution in [0.3, 0.4) is 0 Å². The normalized spacial score (nSPS) is 13.9. The number of fused-ring (bicyclic) bond motifs is 1. The molecule has 22 heavy (non-hydrogen) atoms. The maximum Gasteiger partial charge on any atom is 0.231 e. The number of hydrogen-bond donors (Lipinski definition) is 1. The summed E-state index contributed by atoms with van der Waals surface area (Å²) in [6, 6.07) is 5.61. The Kier molecular flexibility index (Phi) is 4.24. The van der Waals surface area contributed by atoms with E-state index in [0.29, 0.717) is 5.75 Å². The van der Waals surface area contributed by atoms with Crippen molar-refractivity contribution in [1.29, 1.82) is 0 Å². The predicted octanol–water partition coefficient (Wildman–Crippen LogP) is 2.12. The lowest BCUT2D eigenvalue weighted by Crippen LogP contribution is -2.28. The molecule has 0 saturated carbocycles. The van der Waals surface area contributed by atoms with E-state index in [4.69, 9.17) is 9.47 Å². The lowest BCUT2D eigenvalue weighted by molar-refractivity contribution is -0.119. The molecular formula is C15H17N3O3S. The highest BCUT2D eigenvalue weighted by Gasteiger charge is 2.17. The van der Waals surface area contributed by atoms with Gasteiger partial charge in [0.05, 0.1) is 11.8 Å². The van der Waals surface area contributed by atoms with Gasteiger partial charge < -0.3 is 19.4 Å². The molecule has 3 rings (SSSR count). The average Bonchev–Trinajstić information content (AvgIpc) is 3.12. The number of nitrogens with one attached hydrogen (secondary N) is 1. The van der Waals surface area contributed by atoms with Crippen molar-refractivity contribution >= 4 is 17.7 Å². The van der Waals surface area contributed by atoms with Crippen molar-refractivity contribution in [3.8, 4) is 11.5 Å². The second kappa shape index (κ2) is 6.31. The monoisotopic (exact) mass is 319 g/mol. The summed E-state index contributed by atoms with van der Waals surface area (Å²) in [5.41, 5.74) is 0.986. The van der Waals surface area contributed by atoms with Crippen molar-refractivity contribution < 1.29 is 14.3 Å². The van der Waals surface area contributed by atoms with Gasteiger partial charge in [0.2, 0.25) is 12.7 Å². The fourth-order valence-corrected chi connectivity index (χ4v) is 2.91. The van der Waals surface area contributed by atoms with Crippen LogP contribution in [0.25, 0.3) is 0 Å². The molecule has 1 aromatic heterocycles. The Balaban J connectivity index is 1.56. The molecule has 0 spiro atoms. The van der Waals surface area contributed by atoms with Crippen LogP contribution in [-0.4, -0.2) is 28.0 Å². The van der Waals surface area contributed by atoms with Crippen LogP contribution < -0.4 is 14.8 Å². The Labute approximate surface area is 132 Å². The third kappa shape index (κ3) is 3.19. The maximum absolute atomic E-state index is 12.0. The molecule has 0 radical (unpaired) electrons. The van der Waals surface area contributed by atoms with Crippen molar-refractivity contribution in [3.63, 3.8) is 0 Å². The van der Waals surface area contributed by atoms with E-state index in [9.17, 15) is 4.79 Å². The summed E-state index contributed by atoms with van der Waals surface area (Å²) in [6.07, 6.45) is 3.57. The van der Waals surface area contributed by atoms with Gasteiger partial charge in [0.15, 0.2) is 16.7 Å². The molecule has 6 nitrogen and oxygen atoms in total. The Morgan fingerprint density at radius 3 is 3.05 bits per heavy atom. The highest BCUT2D eigenvalue weighted by atomic mass is 32.2. The number of carbonyl (C=O) groups is 1. The molecule has 0 bridgehead atoms. The van der Waals surface area contributed by atoms with Crippen LogP contribution >= 0.6 is 11.8 Å². The first-order chi connectivity index (χ1) is 10.6. The van der Waals surface area contributed by atoms with Crippen molar-refractivity contribution in [1.82, 2.24) is 14.9 Å². The number of amides is 1. The minimum Gasteiger partial charge on any atom is -0.454 e. The summed E-state index contributed by atoms with van der Waals surface area (Å²) in [5.74, 6) is 1.77. The van der Waals surface area contributed by atoms with Gasteiger partial charge in [0.1, 0.15) is 0 Å². The van der Waals surface area contributed by atoms with Gasteiger partial charge in [-0.3, -0.25) is 4.79 Å². The fraction of sp³-hybridized carbons (Fsp3) is 0.333. The van der Waals surface area contributed by atoms with E-state index in [2.05, 4.69) is 10.3 Å². The number of aromatic nitrogens is 2. The summed E-state index contributed by atoms with van der Waals surface area (Å²) in [7, 11) is 1.91. The van der Waals surface area contributed by atoms with Gasteiger partial charge in [-0.15, -0.1) is 0 Å². The SMILES string of the molecule is CC(NC(=O)CSc1nccn1C)c1ccc2c(c1)OCO2. The lowest BCUT2D eigenvalue weighted by Gasteiger charge is -2.14. The number of benzene rings is 1. The topological polar surface area (TPSA) is 65.4 Å². The van der Waals surface area contributed by atoms with E-state index < -0.39 is 0 Å². The Bertz CT molecular complexity index is 686. The summed E-state index contributed by atoms with van der Waals surface area (Å²) in [6.45, 7) is 2.20. The van der Waals surface area contributed by atoms with Crippen molar-refractivity contribution in [3.05, 3.63) is 36.2 Å². The quantitative estimate of drug-likeness (QED) is 0.855. The molecule has 1 N–H and O–H groups in total. The number of nitrogens with zero attached hydrogens (tertiary/aromatic N) is 2. The van der Waals surface area contributed by atoms with Crippen LogP contribution in [0, 0.1) is 0 Å². The van der Waals surface area contributed by atoms with Gasteiger partial charge >= 0.3 is 0 Å². The highest BCUT2D eigenvalue weighted by molar-refractivity contribution is 7.99. The number of aryl methyl sites for hydroxylation is 1. The molecule has 1 aromatic carbocycles. The molecule has 1 unspecified atom stereocenters. The smallest absolute Gasteiger partial charge is 0.231 e. The lowest BCUT2D eigenvalue weighted by atomic mass is 10.1. The molecule has 0 fully saturated rings. The van der Waals surface area contributed by atoms with Gasteiger partial charge in [0, 0.05) is 19.4 Å². The Morgan fingerprint density at radius 2 is 2.27 bits per heavy atom. The van der Waals surface area contributed by atoms with Crippen LogP contribution in [0.15, 0.2) is 35.7 Å². The van der Waals surface area contributed by atoms with Crippen molar-refractivity contribution in [2.24, 2.45) is 7.05 Å². The minimum atomic E-state index is -0.0935. The van der Waals surface area contributed by atoms with E-state index in [0.717, 1.165) is 22.2 Å². The predicted molar refractivity (Wildman–Crippen MR) is 83.1 cm³/mol. The van der Waals surface area contributed by atoms with Gasteiger partial charge in [-0.2, -0.15) is 0 Å². The Morgan fingerprint density at radius 1 is 1.45 bits per heavy atom. The first kappa shape index (κ1) is 14.8. The zero-order chi connectivity index (χ0) is 15.5. The molecule has 0 aliphatic carbocycles.